The van der Waals surface area contributed by atoms with Crippen molar-refractivity contribution in [2.45, 2.75) is 6.04 Å². The molecule has 0 bridgehead atoms. The Morgan fingerprint density at radius 1 is 1.33 bits per heavy atom. The van der Waals surface area contributed by atoms with Crippen LogP contribution in [0.5, 0.6) is 0 Å². The van der Waals surface area contributed by atoms with Crippen molar-refractivity contribution in [2.75, 3.05) is 6.26 Å². The van der Waals surface area contributed by atoms with Gasteiger partial charge in [-0.2, -0.15) is 0 Å². The van der Waals surface area contributed by atoms with Crippen molar-refractivity contribution < 1.29 is 18.3 Å². The van der Waals surface area contributed by atoms with Gasteiger partial charge in [-0.3, -0.25) is 0 Å². The Labute approximate surface area is 87.8 Å². The minimum Gasteiger partial charge on any atom is -0.548 e. The molecule has 0 aliphatic heterocycles. The standard InChI is InChI=1S/C9H11NO4S/c1-15(13,14)10-8(9(11)12)7-5-3-2-4-6-7/h2-6,8,10H,1H3,(H,11,12)/p-1/t8-/m1/s1. The fourth-order valence-corrected chi connectivity index (χ4v) is 1.77. The summed E-state index contributed by atoms with van der Waals surface area (Å²) < 4.78 is 23.8. The third-order valence-corrected chi connectivity index (χ3v) is 2.36. The zero-order valence-electron chi connectivity index (χ0n) is 8.01. The van der Waals surface area contributed by atoms with E-state index < -0.39 is 22.0 Å². The largest absolute Gasteiger partial charge is 0.548 e. The lowest BCUT2D eigenvalue weighted by Crippen LogP contribution is -2.40. The van der Waals surface area contributed by atoms with Gasteiger partial charge in [0, 0.05) is 0 Å². The van der Waals surface area contributed by atoms with Crippen molar-refractivity contribution in [3.05, 3.63) is 35.9 Å². The van der Waals surface area contributed by atoms with Crippen LogP contribution in [0.2, 0.25) is 0 Å². The number of carboxylic acid groups (broad SMARTS) is 1. The summed E-state index contributed by atoms with van der Waals surface area (Å²) in [7, 11) is -3.59. The van der Waals surface area contributed by atoms with E-state index in [0.717, 1.165) is 6.26 Å². The minimum absolute atomic E-state index is 0.336. The van der Waals surface area contributed by atoms with Crippen molar-refractivity contribution >= 4 is 16.0 Å². The molecule has 0 radical (unpaired) electrons. The summed E-state index contributed by atoms with van der Waals surface area (Å²) in [4.78, 5) is 10.7. The zero-order valence-corrected chi connectivity index (χ0v) is 8.82. The highest BCUT2D eigenvalue weighted by molar-refractivity contribution is 7.88. The predicted molar refractivity (Wildman–Crippen MR) is 52.2 cm³/mol. The van der Waals surface area contributed by atoms with Crippen LogP contribution in [0.4, 0.5) is 0 Å². The van der Waals surface area contributed by atoms with Gasteiger partial charge in [-0.15, -0.1) is 0 Å². The normalized spacial score (nSPS) is 13.4. The van der Waals surface area contributed by atoms with Gasteiger partial charge < -0.3 is 9.90 Å². The van der Waals surface area contributed by atoms with Crippen molar-refractivity contribution in [3.63, 3.8) is 0 Å². The van der Waals surface area contributed by atoms with Crippen molar-refractivity contribution in [2.24, 2.45) is 0 Å². The van der Waals surface area contributed by atoms with Crippen LogP contribution >= 0.6 is 0 Å². The van der Waals surface area contributed by atoms with E-state index in [9.17, 15) is 18.3 Å². The summed E-state index contributed by atoms with van der Waals surface area (Å²) in [6, 6.07) is 6.62. The maximum absolute atomic E-state index is 10.9. The Kier molecular flexibility index (Phi) is 3.43. The van der Waals surface area contributed by atoms with Gasteiger partial charge in [-0.05, 0) is 5.56 Å². The summed E-state index contributed by atoms with van der Waals surface area (Å²) in [5.41, 5.74) is 0.336. The molecule has 1 aromatic rings. The monoisotopic (exact) mass is 228 g/mol. The number of nitrogens with one attached hydrogen (secondary N) is 1. The molecule has 0 aliphatic rings. The Hall–Kier alpha value is -1.40. The van der Waals surface area contributed by atoms with E-state index in [1.807, 2.05) is 4.72 Å². The Balaban J connectivity index is 3.00. The fraction of sp³-hybridized carbons (Fsp3) is 0.222. The van der Waals surface area contributed by atoms with Gasteiger partial charge >= 0.3 is 0 Å². The Morgan fingerprint density at radius 3 is 2.27 bits per heavy atom. The van der Waals surface area contributed by atoms with Crippen LogP contribution in [0.25, 0.3) is 0 Å². The Morgan fingerprint density at radius 2 is 1.87 bits per heavy atom. The maximum Gasteiger partial charge on any atom is 0.209 e. The van der Waals surface area contributed by atoms with Crippen LogP contribution in [0, 0.1) is 0 Å². The first-order valence-electron chi connectivity index (χ1n) is 4.13. The molecule has 82 valence electrons. The molecule has 0 saturated heterocycles. The second kappa shape index (κ2) is 4.41. The molecule has 0 spiro atoms. The van der Waals surface area contributed by atoms with Gasteiger partial charge in [-0.25, -0.2) is 13.1 Å². The van der Waals surface area contributed by atoms with E-state index in [0.29, 0.717) is 5.56 Å². The van der Waals surface area contributed by atoms with E-state index in [1.165, 1.54) is 12.1 Å². The summed E-state index contributed by atoms with van der Waals surface area (Å²) in [5.74, 6) is -1.48. The Bertz CT molecular complexity index is 440. The van der Waals surface area contributed by atoms with Gasteiger partial charge in [0.1, 0.15) is 0 Å². The van der Waals surface area contributed by atoms with Crippen LogP contribution in [-0.4, -0.2) is 20.6 Å². The molecular formula is C9H10NO4S-. The number of rotatable bonds is 4. The molecule has 1 rings (SSSR count). The molecule has 0 heterocycles. The van der Waals surface area contributed by atoms with Crippen LogP contribution in [-0.2, 0) is 14.8 Å². The molecule has 0 saturated carbocycles. The molecule has 15 heavy (non-hydrogen) atoms. The fourth-order valence-electron chi connectivity index (χ4n) is 1.11. The lowest BCUT2D eigenvalue weighted by molar-refractivity contribution is -0.308. The van der Waals surface area contributed by atoms with Crippen LogP contribution < -0.4 is 9.83 Å². The van der Waals surface area contributed by atoms with Crippen LogP contribution in [0.1, 0.15) is 11.6 Å². The van der Waals surface area contributed by atoms with Crippen molar-refractivity contribution in [3.8, 4) is 0 Å². The minimum atomic E-state index is -3.59. The lowest BCUT2D eigenvalue weighted by Gasteiger charge is -2.18. The first-order valence-corrected chi connectivity index (χ1v) is 6.02. The molecule has 1 atom stereocenters. The van der Waals surface area contributed by atoms with Gasteiger partial charge in [0.2, 0.25) is 10.0 Å². The van der Waals surface area contributed by atoms with Crippen LogP contribution in [0.3, 0.4) is 0 Å². The molecule has 5 nitrogen and oxygen atoms in total. The molecule has 1 aromatic carbocycles. The number of sulfonamides is 1. The van der Waals surface area contributed by atoms with Crippen molar-refractivity contribution in [1.82, 2.24) is 4.72 Å². The number of hydrogen-bond acceptors (Lipinski definition) is 4. The average Bonchev–Trinajstić information content (AvgIpc) is 2.14. The number of carbonyl (C=O) groups is 1. The SMILES string of the molecule is CS(=O)(=O)N[C@@H](C(=O)[O-])c1ccccc1. The molecule has 0 aliphatic carbocycles. The van der Waals surface area contributed by atoms with E-state index in [2.05, 4.69) is 0 Å². The summed E-state index contributed by atoms with van der Waals surface area (Å²) in [5, 5.41) is 10.7. The van der Waals surface area contributed by atoms with Gasteiger partial charge in [-0.1, -0.05) is 30.3 Å². The lowest BCUT2D eigenvalue weighted by atomic mass is 10.1. The number of benzene rings is 1. The van der Waals surface area contributed by atoms with E-state index in [1.54, 1.807) is 18.2 Å². The number of carboxylic acids is 1. The number of aliphatic carboxylic acids is 1. The molecule has 6 heteroatoms. The zero-order chi connectivity index (χ0) is 11.5. The summed E-state index contributed by atoms with van der Waals surface area (Å²) in [6.45, 7) is 0. The second-order valence-corrected chi connectivity index (χ2v) is 4.83. The third-order valence-electron chi connectivity index (χ3n) is 1.70. The summed E-state index contributed by atoms with van der Waals surface area (Å²) in [6.07, 6.45) is 0.895. The highest BCUT2D eigenvalue weighted by Crippen LogP contribution is 2.12. The van der Waals surface area contributed by atoms with Gasteiger partial charge in [0.05, 0.1) is 18.3 Å². The number of hydrogen-bond donors (Lipinski definition) is 1. The van der Waals surface area contributed by atoms with E-state index in [4.69, 9.17) is 0 Å². The average molecular weight is 228 g/mol. The molecule has 0 amide bonds. The number of carbonyl (C=O) groups excluding carboxylic acids is 1. The molecule has 0 aromatic heterocycles. The van der Waals surface area contributed by atoms with Crippen molar-refractivity contribution in [1.29, 1.82) is 0 Å². The van der Waals surface area contributed by atoms with Gasteiger partial charge in [0.15, 0.2) is 0 Å². The highest BCUT2D eigenvalue weighted by Gasteiger charge is 2.16. The molecule has 0 fully saturated rings. The first kappa shape index (κ1) is 11.7. The smallest absolute Gasteiger partial charge is 0.209 e. The molecule has 0 unspecified atom stereocenters. The quantitative estimate of drug-likeness (QED) is 0.718. The van der Waals surface area contributed by atoms with E-state index in [-0.39, 0.29) is 0 Å². The second-order valence-electron chi connectivity index (χ2n) is 3.05. The topological polar surface area (TPSA) is 86.3 Å². The molecule has 1 N–H and O–H groups in total. The summed E-state index contributed by atoms with van der Waals surface area (Å²) >= 11 is 0. The maximum atomic E-state index is 10.9. The third kappa shape index (κ3) is 3.69. The predicted octanol–water partition coefficient (Wildman–Crippen LogP) is -0.973. The van der Waals surface area contributed by atoms with Gasteiger partial charge in [0.25, 0.3) is 0 Å². The molecular weight excluding hydrogens is 218 g/mol. The first-order chi connectivity index (χ1) is 6.90. The van der Waals surface area contributed by atoms with Crippen LogP contribution in [0.15, 0.2) is 30.3 Å². The van der Waals surface area contributed by atoms with E-state index >= 15 is 0 Å². The highest BCUT2D eigenvalue weighted by atomic mass is 32.2.